The summed E-state index contributed by atoms with van der Waals surface area (Å²) >= 11 is 18.1. The Kier molecular flexibility index (Phi) is 5.37. The van der Waals surface area contributed by atoms with Crippen molar-refractivity contribution in [1.29, 1.82) is 0 Å². The predicted octanol–water partition coefficient (Wildman–Crippen LogP) is 6.35. The third-order valence-corrected chi connectivity index (χ3v) is 4.14. The topological polar surface area (TPSA) is 22.1 Å². The fourth-order valence-electron chi connectivity index (χ4n) is 1.95. The highest BCUT2D eigenvalue weighted by Gasteiger charge is 2.12. The molecule has 0 N–H and O–H groups in total. The Hall–Kier alpha value is -0.960. The number of aryl methyl sites for hydroxylation is 1. The second kappa shape index (κ2) is 6.87. The lowest BCUT2D eigenvalue weighted by Crippen LogP contribution is -1.96. The third-order valence-electron chi connectivity index (χ3n) is 3.18. The Bertz CT molecular complexity index is 656. The zero-order valence-corrected chi connectivity index (χ0v) is 14.4. The normalized spacial score (nSPS) is 11.0. The first-order chi connectivity index (χ1) is 9.92. The Labute approximate surface area is 140 Å². The average molecular weight is 345 g/mol. The quantitative estimate of drug-likeness (QED) is 0.603. The number of nitrogens with zero attached hydrogens (tertiary/aromatic N) is 1. The number of alkyl halides is 1. The molecule has 2 rings (SSSR count). The molecule has 0 aliphatic rings. The van der Waals surface area contributed by atoms with Crippen molar-refractivity contribution >= 4 is 34.8 Å². The van der Waals surface area contributed by atoms with Crippen LogP contribution in [0.4, 0.5) is 0 Å². The molecule has 0 aliphatic heterocycles. The number of hydrogen-bond acceptors (Lipinski definition) is 2. The van der Waals surface area contributed by atoms with Crippen LogP contribution in [-0.4, -0.2) is 4.98 Å². The molecule has 1 aromatic heterocycles. The molecule has 21 heavy (non-hydrogen) atoms. The summed E-state index contributed by atoms with van der Waals surface area (Å²) in [4.78, 5) is 4.17. The number of rotatable bonds is 4. The molecule has 0 atom stereocenters. The zero-order chi connectivity index (χ0) is 15.6. The van der Waals surface area contributed by atoms with Crippen LogP contribution in [0.15, 0.2) is 24.4 Å². The summed E-state index contributed by atoms with van der Waals surface area (Å²) in [5, 5.41) is 1.29. The molecule has 0 radical (unpaired) electrons. The van der Waals surface area contributed by atoms with Gasteiger partial charge < -0.3 is 4.74 Å². The number of pyridine rings is 1. The van der Waals surface area contributed by atoms with E-state index in [1.54, 1.807) is 12.3 Å². The molecule has 0 fully saturated rings. The van der Waals surface area contributed by atoms with Gasteiger partial charge in [-0.15, -0.1) is 11.6 Å². The maximum atomic E-state index is 6.26. The molecule has 0 amide bonds. The first kappa shape index (κ1) is 16.4. The summed E-state index contributed by atoms with van der Waals surface area (Å²) in [6.07, 6.45) is 1.54. The van der Waals surface area contributed by atoms with E-state index >= 15 is 0 Å². The van der Waals surface area contributed by atoms with E-state index in [4.69, 9.17) is 39.5 Å². The van der Waals surface area contributed by atoms with Gasteiger partial charge in [0.25, 0.3) is 0 Å². The molecule has 2 nitrogen and oxygen atoms in total. The van der Waals surface area contributed by atoms with Crippen molar-refractivity contribution in [3.63, 3.8) is 0 Å². The van der Waals surface area contributed by atoms with Crippen LogP contribution < -0.4 is 4.74 Å². The minimum absolute atomic E-state index is 0.314. The van der Waals surface area contributed by atoms with Crippen LogP contribution in [0.5, 0.6) is 11.6 Å². The maximum absolute atomic E-state index is 6.26. The molecule has 0 spiro atoms. The molecule has 5 heteroatoms. The zero-order valence-electron chi connectivity index (χ0n) is 12.1. The number of aromatic nitrogens is 1. The Morgan fingerprint density at radius 3 is 2.48 bits per heavy atom. The van der Waals surface area contributed by atoms with E-state index in [0.717, 1.165) is 27.5 Å². The van der Waals surface area contributed by atoms with Gasteiger partial charge in [0.15, 0.2) is 0 Å². The van der Waals surface area contributed by atoms with E-state index in [0.29, 0.717) is 22.7 Å². The van der Waals surface area contributed by atoms with Crippen LogP contribution in [-0.2, 0) is 5.88 Å². The summed E-state index contributed by atoms with van der Waals surface area (Å²) in [5.41, 5.74) is 2.79. The first-order valence-corrected chi connectivity index (χ1v) is 7.89. The lowest BCUT2D eigenvalue weighted by Gasteiger charge is -2.14. The Morgan fingerprint density at radius 2 is 1.86 bits per heavy atom. The molecular weight excluding hydrogens is 329 g/mol. The summed E-state index contributed by atoms with van der Waals surface area (Å²) in [5.74, 6) is 1.83. The molecule has 2 aromatic rings. The number of hydrogen-bond donors (Lipinski definition) is 0. The molecule has 0 unspecified atom stereocenters. The van der Waals surface area contributed by atoms with Gasteiger partial charge in [-0.2, -0.15) is 0 Å². The van der Waals surface area contributed by atoms with Gasteiger partial charge in [0.05, 0.1) is 5.02 Å². The minimum atomic E-state index is 0.314. The maximum Gasteiger partial charge on any atom is 0.219 e. The largest absolute Gasteiger partial charge is 0.439 e. The molecule has 0 bridgehead atoms. The van der Waals surface area contributed by atoms with Crippen LogP contribution in [0.25, 0.3) is 0 Å². The fourth-order valence-corrected chi connectivity index (χ4v) is 2.85. The Morgan fingerprint density at radius 1 is 1.14 bits per heavy atom. The van der Waals surface area contributed by atoms with Crippen molar-refractivity contribution in [2.75, 3.05) is 0 Å². The van der Waals surface area contributed by atoms with Gasteiger partial charge in [0.1, 0.15) is 5.75 Å². The van der Waals surface area contributed by atoms with Crippen molar-refractivity contribution in [3.8, 4) is 11.6 Å². The average Bonchev–Trinajstić information content (AvgIpc) is 2.43. The monoisotopic (exact) mass is 343 g/mol. The van der Waals surface area contributed by atoms with Gasteiger partial charge >= 0.3 is 0 Å². The number of ether oxygens (including phenoxy) is 1. The van der Waals surface area contributed by atoms with Crippen LogP contribution in [0.1, 0.15) is 36.5 Å². The van der Waals surface area contributed by atoms with Crippen LogP contribution in [0.3, 0.4) is 0 Å². The van der Waals surface area contributed by atoms with Crippen molar-refractivity contribution in [2.45, 2.75) is 32.6 Å². The smallest absolute Gasteiger partial charge is 0.219 e. The molecular formula is C16H16Cl3NO. The van der Waals surface area contributed by atoms with Crippen LogP contribution in [0, 0.1) is 6.92 Å². The molecule has 0 saturated carbocycles. The third kappa shape index (κ3) is 3.82. The molecule has 1 aromatic carbocycles. The molecule has 1 heterocycles. The molecule has 0 aliphatic carbocycles. The SMILES string of the molecule is Cc1cc(Cl)c(C(C)C)cc1Oc1cc(CCl)c(Cl)cn1. The van der Waals surface area contributed by atoms with E-state index in [2.05, 4.69) is 18.8 Å². The Balaban J connectivity index is 2.37. The lowest BCUT2D eigenvalue weighted by atomic mass is 10.0. The van der Waals surface area contributed by atoms with Gasteiger partial charge in [0.2, 0.25) is 5.88 Å². The van der Waals surface area contributed by atoms with E-state index in [9.17, 15) is 0 Å². The van der Waals surface area contributed by atoms with Crippen molar-refractivity contribution in [3.05, 3.63) is 51.1 Å². The van der Waals surface area contributed by atoms with E-state index < -0.39 is 0 Å². The number of benzene rings is 1. The van der Waals surface area contributed by atoms with Gasteiger partial charge in [-0.05, 0) is 41.7 Å². The van der Waals surface area contributed by atoms with E-state index in [1.807, 2.05) is 19.1 Å². The summed E-state index contributed by atoms with van der Waals surface area (Å²) < 4.78 is 5.87. The predicted molar refractivity (Wildman–Crippen MR) is 89.2 cm³/mol. The highest BCUT2D eigenvalue weighted by Crippen LogP contribution is 2.34. The highest BCUT2D eigenvalue weighted by atomic mass is 35.5. The molecule has 0 saturated heterocycles. The van der Waals surface area contributed by atoms with Crippen LogP contribution >= 0.6 is 34.8 Å². The summed E-state index contributed by atoms with van der Waals surface area (Å²) in [6.45, 7) is 6.13. The highest BCUT2D eigenvalue weighted by molar-refractivity contribution is 6.32. The second-order valence-electron chi connectivity index (χ2n) is 5.14. The van der Waals surface area contributed by atoms with Gasteiger partial charge in [0, 0.05) is 23.2 Å². The van der Waals surface area contributed by atoms with Gasteiger partial charge in [-0.3, -0.25) is 0 Å². The molecule has 112 valence electrons. The fraction of sp³-hybridized carbons (Fsp3) is 0.312. The number of halogens is 3. The van der Waals surface area contributed by atoms with Crippen molar-refractivity contribution in [2.24, 2.45) is 0 Å². The van der Waals surface area contributed by atoms with Crippen LogP contribution in [0.2, 0.25) is 10.0 Å². The van der Waals surface area contributed by atoms with Crippen molar-refractivity contribution < 1.29 is 4.74 Å². The minimum Gasteiger partial charge on any atom is -0.439 e. The first-order valence-electron chi connectivity index (χ1n) is 6.60. The lowest BCUT2D eigenvalue weighted by molar-refractivity contribution is 0.458. The van der Waals surface area contributed by atoms with Gasteiger partial charge in [-0.25, -0.2) is 4.98 Å². The standard InChI is InChI=1S/C16H16Cl3NO/c1-9(2)12-6-15(10(3)4-13(12)18)21-16-5-11(7-17)14(19)8-20-16/h4-6,8-9H,7H2,1-3H3. The van der Waals surface area contributed by atoms with E-state index in [-0.39, 0.29) is 0 Å². The summed E-state index contributed by atoms with van der Waals surface area (Å²) in [7, 11) is 0. The second-order valence-corrected chi connectivity index (χ2v) is 6.23. The van der Waals surface area contributed by atoms with Gasteiger partial charge in [-0.1, -0.05) is 37.0 Å². The van der Waals surface area contributed by atoms with Crippen molar-refractivity contribution in [1.82, 2.24) is 4.98 Å². The summed E-state index contributed by atoms with van der Waals surface area (Å²) in [6, 6.07) is 5.61. The van der Waals surface area contributed by atoms with E-state index in [1.165, 1.54) is 0 Å².